The molecule has 2 aliphatic rings. The second-order valence-corrected chi connectivity index (χ2v) is 4.28. The molecule has 0 aliphatic carbocycles. The summed E-state index contributed by atoms with van der Waals surface area (Å²) < 4.78 is 5.67. The molecule has 2 aliphatic heterocycles. The maximum Gasteiger partial charge on any atom is 0.0708 e. The van der Waals surface area contributed by atoms with Crippen LogP contribution in [0.4, 0.5) is 0 Å². The predicted molar refractivity (Wildman–Crippen MR) is 44.6 cm³/mol. The van der Waals surface area contributed by atoms with Crippen LogP contribution in [0.25, 0.3) is 0 Å². The van der Waals surface area contributed by atoms with Gasteiger partial charge in [-0.05, 0) is 13.0 Å². The van der Waals surface area contributed by atoms with Gasteiger partial charge < -0.3 is 9.64 Å². The number of hydrogen-bond donors (Lipinski definition) is 0. The van der Waals surface area contributed by atoms with Gasteiger partial charge in [0.1, 0.15) is 0 Å². The van der Waals surface area contributed by atoms with Gasteiger partial charge in [0.15, 0.2) is 0 Å². The Hall–Kier alpha value is -0.0800. The highest BCUT2D eigenvalue weighted by molar-refractivity contribution is 4.92. The summed E-state index contributed by atoms with van der Waals surface area (Å²) in [4.78, 5) is 2.50. The molecule has 0 spiro atoms. The molecule has 0 unspecified atom stereocenters. The minimum atomic E-state index is 0.471. The minimum Gasteiger partial charge on any atom is -0.376 e. The molecule has 11 heavy (non-hydrogen) atoms. The number of likely N-dealkylation sites (tertiary alicyclic amines) is 1. The monoisotopic (exact) mass is 155 g/mol. The molecular formula is C9H17NO. The van der Waals surface area contributed by atoms with Gasteiger partial charge in [-0.15, -0.1) is 0 Å². The molecule has 2 saturated heterocycles. The van der Waals surface area contributed by atoms with Crippen LogP contribution in [0.15, 0.2) is 0 Å². The summed E-state index contributed by atoms with van der Waals surface area (Å²) in [6, 6.07) is 0. The molecule has 0 aromatic carbocycles. The molecule has 2 nitrogen and oxygen atoms in total. The summed E-state index contributed by atoms with van der Waals surface area (Å²) in [6.07, 6.45) is 1.82. The van der Waals surface area contributed by atoms with Gasteiger partial charge in [-0.1, -0.05) is 13.8 Å². The van der Waals surface area contributed by atoms with E-state index in [1.54, 1.807) is 0 Å². The van der Waals surface area contributed by atoms with E-state index in [2.05, 4.69) is 18.7 Å². The maximum atomic E-state index is 5.67. The van der Waals surface area contributed by atoms with Gasteiger partial charge in [-0.2, -0.15) is 0 Å². The van der Waals surface area contributed by atoms with E-state index in [1.165, 1.54) is 19.5 Å². The molecule has 2 atom stereocenters. The lowest BCUT2D eigenvalue weighted by molar-refractivity contribution is 0.0847. The summed E-state index contributed by atoms with van der Waals surface area (Å²) in [5.74, 6) is 0. The van der Waals surface area contributed by atoms with Crippen LogP contribution in [0, 0.1) is 5.41 Å². The Morgan fingerprint density at radius 1 is 1.64 bits per heavy atom. The average molecular weight is 155 g/mol. The standard InChI is InChI=1S/C9H17NO/c1-3-10-5-8-4-9(2,6-10)7-11-8/h8H,3-7H2,1-2H3/t8-,9+/m1/s1. The van der Waals surface area contributed by atoms with Crippen molar-refractivity contribution in [3.8, 4) is 0 Å². The van der Waals surface area contributed by atoms with Crippen molar-refractivity contribution >= 4 is 0 Å². The summed E-state index contributed by atoms with van der Waals surface area (Å²) in [5, 5.41) is 0. The Bertz CT molecular complexity index is 160. The van der Waals surface area contributed by atoms with Gasteiger partial charge in [0.2, 0.25) is 0 Å². The zero-order valence-electron chi connectivity index (χ0n) is 7.47. The fraction of sp³-hybridized carbons (Fsp3) is 1.00. The lowest BCUT2D eigenvalue weighted by atomic mass is 9.84. The fourth-order valence-electron chi connectivity index (χ4n) is 2.35. The van der Waals surface area contributed by atoms with Crippen LogP contribution in [0.3, 0.4) is 0 Å². The molecule has 64 valence electrons. The molecule has 2 fully saturated rings. The first-order valence-corrected chi connectivity index (χ1v) is 4.56. The molecule has 0 amide bonds. The van der Waals surface area contributed by atoms with E-state index < -0.39 is 0 Å². The number of rotatable bonds is 1. The molecule has 0 aromatic heterocycles. The Morgan fingerprint density at radius 2 is 2.45 bits per heavy atom. The van der Waals surface area contributed by atoms with Crippen LogP contribution < -0.4 is 0 Å². The highest BCUT2D eigenvalue weighted by Gasteiger charge is 2.41. The summed E-state index contributed by atoms with van der Waals surface area (Å²) >= 11 is 0. The number of likely N-dealkylation sites (N-methyl/N-ethyl adjacent to an activating group) is 1. The van der Waals surface area contributed by atoms with Gasteiger partial charge >= 0.3 is 0 Å². The highest BCUT2D eigenvalue weighted by Crippen LogP contribution is 2.37. The number of nitrogens with zero attached hydrogens (tertiary/aromatic N) is 1. The van der Waals surface area contributed by atoms with Crippen LogP contribution in [0.1, 0.15) is 20.3 Å². The van der Waals surface area contributed by atoms with Crippen molar-refractivity contribution in [2.75, 3.05) is 26.2 Å². The largest absolute Gasteiger partial charge is 0.376 e. The van der Waals surface area contributed by atoms with Crippen LogP contribution >= 0.6 is 0 Å². The number of hydrogen-bond acceptors (Lipinski definition) is 2. The summed E-state index contributed by atoms with van der Waals surface area (Å²) in [7, 11) is 0. The topological polar surface area (TPSA) is 12.5 Å². The lowest BCUT2D eigenvalue weighted by Gasteiger charge is -2.35. The summed E-state index contributed by atoms with van der Waals surface area (Å²) in [5.41, 5.74) is 0.471. The molecule has 0 saturated carbocycles. The average Bonchev–Trinajstić information content (AvgIpc) is 2.25. The molecule has 2 bridgehead atoms. The Kier molecular flexibility index (Phi) is 1.69. The summed E-state index contributed by atoms with van der Waals surface area (Å²) in [6.45, 7) is 9.12. The van der Waals surface area contributed by atoms with Gasteiger partial charge in [0, 0.05) is 18.5 Å². The van der Waals surface area contributed by atoms with Crippen molar-refractivity contribution in [3.63, 3.8) is 0 Å². The lowest BCUT2D eigenvalue weighted by Crippen LogP contribution is -2.43. The van der Waals surface area contributed by atoms with Crippen molar-refractivity contribution in [2.45, 2.75) is 26.4 Å². The van der Waals surface area contributed by atoms with E-state index >= 15 is 0 Å². The van der Waals surface area contributed by atoms with E-state index in [9.17, 15) is 0 Å². The number of fused-ring (bicyclic) bond motifs is 2. The molecule has 0 aromatic rings. The Labute approximate surface area is 68.5 Å². The van der Waals surface area contributed by atoms with Gasteiger partial charge in [0.25, 0.3) is 0 Å². The highest BCUT2D eigenvalue weighted by atomic mass is 16.5. The minimum absolute atomic E-state index is 0.471. The molecular weight excluding hydrogens is 138 g/mol. The predicted octanol–water partition coefficient (Wildman–Crippen LogP) is 1.12. The fourth-order valence-corrected chi connectivity index (χ4v) is 2.35. The first kappa shape index (κ1) is 7.56. The van der Waals surface area contributed by atoms with Crippen molar-refractivity contribution in [1.29, 1.82) is 0 Å². The van der Waals surface area contributed by atoms with Crippen molar-refractivity contribution in [2.24, 2.45) is 5.41 Å². The van der Waals surface area contributed by atoms with Crippen LogP contribution in [-0.4, -0.2) is 37.2 Å². The van der Waals surface area contributed by atoms with Crippen molar-refractivity contribution < 1.29 is 4.74 Å². The van der Waals surface area contributed by atoms with E-state index in [0.717, 1.165) is 13.2 Å². The van der Waals surface area contributed by atoms with Crippen LogP contribution in [-0.2, 0) is 4.74 Å². The van der Waals surface area contributed by atoms with Crippen molar-refractivity contribution in [1.82, 2.24) is 4.90 Å². The molecule has 2 rings (SSSR count). The second-order valence-electron chi connectivity index (χ2n) is 4.28. The first-order chi connectivity index (χ1) is 5.22. The van der Waals surface area contributed by atoms with E-state index in [0.29, 0.717) is 11.5 Å². The molecule has 2 heteroatoms. The number of piperidine rings is 1. The normalized spacial score (nSPS) is 44.7. The molecule has 0 radical (unpaired) electrons. The quantitative estimate of drug-likeness (QED) is 0.562. The van der Waals surface area contributed by atoms with Gasteiger partial charge in [-0.25, -0.2) is 0 Å². The second kappa shape index (κ2) is 2.46. The SMILES string of the molecule is CCN1C[C@H]2C[C@](C)(CO2)C1. The zero-order valence-corrected chi connectivity index (χ0v) is 7.47. The van der Waals surface area contributed by atoms with Crippen LogP contribution in [0.5, 0.6) is 0 Å². The molecule has 0 N–H and O–H groups in total. The zero-order chi connectivity index (χ0) is 7.90. The first-order valence-electron chi connectivity index (χ1n) is 4.56. The van der Waals surface area contributed by atoms with Gasteiger partial charge in [-0.3, -0.25) is 0 Å². The molecule has 2 heterocycles. The van der Waals surface area contributed by atoms with Crippen LogP contribution in [0.2, 0.25) is 0 Å². The van der Waals surface area contributed by atoms with Gasteiger partial charge in [0.05, 0.1) is 12.7 Å². The third-order valence-corrected chi connectivity index (χ3v) is 2.90. The third kappa shape index (κ3) is 1.30. The smallest absolute Gasteiger partial charge is 0.0708 e. The Balaban J connectivity index is 2.06. The third-order valence-electron chi connectivity index (χ3n) is 2.90. The Morgan fingerprint density at radius 3 is 3.09 bits per heavy atom. The number of ether oxygens (including phenoxy) is 1. The van der Waals surface area contributed by atoms with E-state index in [-0.39, 0.29) is 0 Å². The van der Waals surface area contributed by atoms with E-state index in [4.69, 9.17) is 4.74 Å². The van der Waals surface area contributed by atoms with E-state index in [1.807, 2.05) is 0 Å². The maximum absolute atomic E-state index is 5.67. The van der Waals surface area contributed by atoms with Crippen molar-refractivity contribution in [3.05, 3.63) is 0 Å².